The van der Waals surface area contributed by atoms with Gasteiger partial charge in [0.15, 0.2) is 11.9 Å². The van der Waals surface area contributed by atoms with Crippen LogP contribution in [0.3, 0.4) is 0 Å². The third kappa shape index (κ3) is 8.42. The van der Waals surface area contributed by atoms with E-state index in [1.54, 1.807) is 54.6 Å². The Labute approximate surface area is 202 Å². The lowest BCUT2D eigenvalue weighted by atomic mass is 9.83. The molecule has 9 heteroatoms. The van der Waals surface area contributed by atoms with Crippen LogP contribution < -0.4 is 11.1 Å². The van der Waals surface area contributed by atoms with Gasteiger partial charge in [-0.1, -0.05) is 67.9 Å². The summed E-state index contributed by atoms with van der Waals surface area (Å²) in [6.07, 6.45) is -7.79. The van der Waals surface area contributed by atoms with Crippen LogP contribution in [0.4, 0.5) is 13.2 Å². The first-order valence-electron chi connectivity index (χ1n) is 11.0. The number of alkyl halides is 3. The van der Waals surface area contributed by atoms with Gasteiger partial charge in [-0.15, -0.1) is 0 Å². The molecule has 5 nitrogen and oxygen atoms in total. The molecule has 0 bridgehead atoms. The molecule has 1 amide bonds. The Morgan fingerprint density at radius 2 is 1.65 bits per heavy atom. The summed E-state index contributed by atoms with van der Waals surface area (Å²) in [5.74, 6) is -3.16. The quantitative estimate of drug-likeness (QED) is 0.435. The Morgan fingerprint density at radius 1 is 1.03 bits per heavy atom. The van der Waals surface area contributed by atoms with E-state index in [0.717, 1.165) is 11.1 Å². The molecule has 2 aromatic carbocycles. The van der Waals surface area contributed by atoms with Crippen molar-refractivity contribution >= 4 is 23.3 Å². The predicted molar refractivity (Wildman–Crippen MR) is 125 cm³/mol. The summed E-state index contributed by atoms with van der Waals surface area (Å²) in [4.78, 5) is 25.9. The van der Waals surface area contributed by atoms with E-state index in [1.165, 1.54) is 13.8 Å². The number of rotatable bonds is 11. The first-order chi connectivity index (χ1) is 15.9. The zero-order valence-corrected chi connectivity index (χ0v) is 19.8. The molecule has 0 unspecified atom stereocenters. The van der Waals surface area contributed by atoms with Crippen LogP contribution in [-0.4, -0.2) is 41.2 Å². The molecule has 4 atom stereocenters. The number of carbonyl (C=O) groups is 2. The van der Waals surface area contributed by atoms with Gasteiger partial charge in [0.05, 0.1) is 12.1 Å². The molecule has 0 saturated heterocycles. The van der Waals surface area contributed by atoms with Crippen molar-refractivity contribution in [1.82, 2.24) is 5.32 Å². The van der Waals surface area contributed by atoms with Crippen molar-refractivity contribution < 1.29 is 27.9 Å². The molecular formula is C25H30ClF3N2O3. The fourth-order valence-electron chi connectivity index (χ4n) is 3.71. The molecule has 186 valence electrons. The van der Waals surface area contributed by atoms with Gasteiger partial charge in [0.2, 0.25) is 5.91 Å². The Balaban J connectivity index is 2.19. The van der Waals surface area contributed by atoms with E-state index < -0.39 is 54.3 Å². The SMILES string of the molecule is CC(C)[C@H](CC(=O)[C@H](Cc1ccccc1)NC(=O)[C@@H](N)Cc1cccc(Cl)c1)[C@H](O)C(F)(F)F. The summed E-state index contributed by atoms with van der Waals surface area (Å²) >= 11 is 5.97. The maximum absolute atomic E-state index is 13.2. The maximum atomic E-state index is 13.2. The number of Topliss-reactive ketones (excluding diaryl/α,β-unsaturated/α-hetero) is 1. The minimum absolute atomic E-state index is 0.0855. The molecule has 0 heterocycles. The standard InChI is InChI=1S/C25H30ClF3N2O3/c1-15(2)19(23(33)25(27,28)29)14-22(32)21(13-16-7-4-3-5-8-16)31-24(34)20(30)12-17-9-6-10-18(26)11-17/h3-11,15,19-21,23,33H,12-14,30H2,1-2H3,(H,31,34)/t19-,20-,21-,23-/m0/s1. The highest BCUT2D eigenvalue weighted by molar-refractivity contribution is 6.30. The first kappa shape index (κ1) is 27.8. The van der Waals surface area contributed by atoms with Crippen LogP contribution in [0, 0.1) is 11.8 Å². The van der Waals surface area contributed by atoms with E-state index >= 15 is 0 Å². The molecule has 0 aliphatic rings. The van der Waals surface area contributed by atoms with E-state index in [0.29, 0.717) is 5.02 Å². The van der Waals surface area contributed by atoms with Gasteiger partial charge in [0.1, 0.15) is 0 Å². The zero-order valence-electron chi connectivity index (χ0n) is 19.1. The normalized spacial score (nSPS) is 15.4. The van der Waals surface area contributed by atoms with E-state index in [9.17, 15) is 27.9 Å². The number of benzene rings is 2. The second-order valence-corrected chi connectivity index (χ2v) is 9.19. The Hall–Kier alpha value is -2.42. The second-order valence-electron chi connectivity index (χ2n) is 8.76. The average Bonchev–Trinajstić information content (AvgIpc) is 2.76. The molecule has 2 rings (SSSR count). The van der Waals surface area contributed by atoms with Crippen molar-refractivity contribution in [3.63, 3.8) is 0 Å². The van der Waals surface area contributed by atoms with Crippen LogP contribution >= 0.6 is 11.6 Å². The van der Waals surface area contributed by atoms with E-state index in [2.05, 4.69) is 5.32 Å². The number of aliphatic hydroxyl groups is 1. The van der Waals surface area contributed by atoms with Gasteiger partial charge < -0.3 is 16.2 Å². The van der Waals surface area contributed by atoms with Crippen molar-refractivity contribution in [1.29, 1.82) is 0 Å². The molecule has 34 heavy (non-hydrogen) atoms. The lowest BCUT2D eigenvalue weighted by molar-refractivity contribution is -0.224. The summed E-state index contributed by atoms with van der Waals surface area (Å²) in [5.41, 5.74) is 7.50. The van der Waals surface area contributed by atoms with Crippen molar-refractivity contribution in [3.8, 4) is 0 Å². The fourth-order valence-corrected chi connectivity index (χ4v) is 3.93. The molecule has 0 spiro atoms. The zero-order chi connectivity index (χ0) is 25.5. The Bertz CT molecular complexity index is 954. The van der Waals surface area contributed by atoms with E-state index in [1.807, 2.05) is 0 Å². The van der Waals surface area contributed by atoms with Crippen molar-refractivity contribution in [2.75, 3.05) is 0 Å². The third-order valence-corrected chi connectivity index (χ3v) is 5.94. The summed E-state index contributed by atoms with van der Waals surface area (Å²) in [7, 11) is 0. The number of halogens is 4. The van der Waals surface area contributed by atoms with Gasteiger partial charge >= 0.3 is 6.18 Å². The Morgan fingerprint density at radius 3 is 2.21 bits per heavy atom. The molecule has 0 fully saturated rings. The molecule has 0 radical (unpaired) electrons. The summed E-state index contributed by atoms with van der Waals surface area (Å²) in [5, 5.41) is 12.9. The van der Waals surface area contributed by atoms with Crippen LogP contribution in [0.15, 0.2) is 54.6 Å². The predicted octanol–water partition coefficient (Wildman–Crippen LogP) is 4.09. The van der Waals surface area contributed by atoms with Crippen LogP contribution in [0.2, 0.25) is 5.02 Å². The monoisotopic (exact) mass is 498 g/mol. The van der Waals surface area contributed by atoms with Gasteiger partial charge in [-0.3, -0.25) is 9.59 Å². The van der Waals surface area contributed by atoms with Crippen LogP contribution in [0.1, 0.15) is 31.4 Å². The minimum Gasteiger partial charge on any atom is -0.383 e. The van der Waals surface area contributed by atoms with E-state index in [-0.39, 0.29) is 12.8 Å². The minimum atomic E-state index is -4.85. The average molecular weight is 499 g/mol. The summed E-state index contributed by atoms with van der Waals surface area (Å²) < 4.78 is 39.5. The Kier molecular flexibility index (Phi) is 10.1. The topological polar surface area (TPSA) is 92.4 Å². The van der Waals surface area contributed by atoms with Crippen LogP contribution in [0.5, 0.6) is 0 Å². The molecule has 0 saturated carbocycles. The van der Waals surface area contributed by atoms with Crippen LogP contribution in [0.25, 0.3) is 0 Å². The maximum Gasteiger partial charge on any atom is 0.414 e. The molecule has 4 N–H and O–H groups in total. The van der Waals surface area contributed by atoms with Gasteiger partial charge in [0.25, 0.3) is 0 Å². The smallest absolute Gasteiger partial charge is 0.383 e. The highest BCUT2D eigenvalue weighted by atomic mass is 35.5. The number of nitrogens with two attached hydrogens (primary N) is 1. The third-order valence-electron chi connectivity index (χ3n) is 5.70. The lowest BCUT2D eigenvalue weighted by Gasteiger charge is -2.29. The largest absolute Gasteiger partial charge is 0.414 e. The first-order valence-corrected chi connectivity index (χ1v) is 11.4. The number of aliphatic hydroxyl groups excluding tert-OH is 1. The van der Waals surface area contributed by atoms with Gasteiger partial charge in [-0.25, -0.2) is 0 Å². The summed E-state index contributed by atoms with van der Waals surface area (Å²) in [6.45, 7) is 3.02. The number of hydrogen-bond donors (Lipinski definition) is 3. The number of nitrogens with one attached hydrogen (secondary N) is 1. The van der Waals surface area contributed by atoms with Gasteiger partial charge in [0, 0.05) is 17.4 Å². The van der Waals surface area contributed by atoms with Gasteiger partial charge in [-0.05, 0) is 42.0 Å². The molecular weight excluding hydrogens is 469 g/mol. The van der Waals surface area contributed by atoms with E-state index in [4.69, 9.17) is 17.3 Å². The van der Waals surface area contributed by atoms with Crippen molar-refractivity contribution in [2.45, 2.75) is 57.5 Å². The second kappa shape index (κ2) is 12.3. The summed E-state index contributed by atoms with van der Waals surface area (Å²) in [6, 6.07) is 13.6. The number of ketones is 1. The van der Waals surface area contributed by atoms with Crippen molar-refractivity contribution in [3.05, 3.63) is 70.7 Å². The number of carbonyl (C=O) groups excluding carboxylic acids is 2. The van der Waals surface area contributed by atoms with Crippen LogP contribution in [-0.2, 0) is 22.4 Å². The fraction of sp³-hybridized carbons (Fsp3) is 0.440. The molecule has 0 aliphatic carbocycles. The number of amides is 1. The molecule has 2 aromatic rings. The highest BCUT2D eigenvalue weighted by Gasteiger charge is 2.45. The number of hydrogen-bond acceptors (Lipinski definition) is 4. The molecule has 0 aliphatic heterocycles. The lowest BCUT2D eigenvalue weighted by Crippen LogP contribution is -2.51. The van der Waals surface area contributed by atoms with Crippen molar-refractivity contribution in [2.24, 2.45) is 17.6 Å². The van der Waals surface area contributed by atoms with Gasteiger partial charge in [-0.2, -0.15) is 13.2 Å². The molecule has 0 aromatic heterocycles. The highest BCUT2D eigenvalue weighted by Crippen LogP contribution is 2.32.